The summed E-state index contributed by atoms with van der Waals surface area (Å²) in [4.78, 5) is 30.5. The summed E-state index contributed by atoms with van der Waals surface area (Å²) in [6, 6.07) is 9.97. The smallest absolute Gasteiger partial charge is 0.273 e. The van der Waals surface area contributed by atoms with Crippen LogP contribution >= 0.6 is 15.9 Å². The highest BCUT2D eigenvalue weighted by molar-refractivity contribution is 9.10. The van der Waals surface area contributed by atoms with Crippen molar-refractivity contribution in [3.63, 3.8) is 0 Å². The largest absolute Gasteiger partial charge is 0.342 e. The average molecular weight is 440 g/mol. The lowest BCUT2D eigenvalue weighted by Gasteiger charge is -2.37. The van der Waals surface area contributed by atoms with Gasteiger partial charge in [-0.15, -0.1) is 0 Å². The molecule has 1 atom stereocenters. The summed E-state index contributed by atoms with van der Waals surface area (Å²) >= 11 is 3.36. The summed E-state index contributed by atoms with van der Waals surface area (Å²) in [5.41, 5.74) is 0.535. The third kappa shape index (κ3) is 3.85. The first-order valence-electron chi connectivity index (χ1n) is 9.47. The highest BCUT2D eigenvalue weighted by atomic mass is 79.9. The number of aromatic nitrogens is 3. The van der Waals surface area contributed by atoms with Crippen LogP contribution in [0.3, 0.4) is 0 Å². The Morgan fingerprint density at radius 1 is 1.18 bits per heavy atom. The first-order valence-corrected chi connectivity index (χ1v) is 10.3. The van der Waals surface area contributed by atoms with Crippen molar-refractivity contribution in [2.24, 2.45) is 0 Å². The Morgan fingerprint density at radius 3 is 2.79 bits per heavy atom. The number of nitrogens with zero attached hydrogens (tertiary/aromatic N) is 5. The Labute approximate surface area is 172 Å². The van der Waals surface area contributed by atoms with Crippen LogP contribution < -0.4 is 4.90 Å². The van der Waals surface area contributed by atoms with E-state index in [2.05, 4.69) is 30.9 Å². The molecule has 1 aliphatic rings. The number of anilines is 1. The molecule has 1 amide bonds. The first-order chi connectivity index (χ1) is 13.6. The molecule has 7 heteroatoms. The molecule has 0 N–H and O–H groups in total. The summed E-state index contributed by atoms with van der Waals surface area (Å²) in [6.07, 6.45) is 8.30. The monoisotopic (exact) mass is 439 g/mol. The third-order valence-corrected chi connectivity index (χ3v) is 5.61. The van der Waals surface area contributed by atoms with Crippen molar-refractivity contribution in [3.8, 4) is 0 Å². The molecule has 0 spiro atoms. The zero-order valence-corrected chi connectivity index (χ0v) is 17.3. The summed E-state index contributed by atoms with van der Waals surface area (Å²) in [6.45, 7) is 1.45. The number of hydrogen-bond donors (Lipinski definition) is 0. The van der Waals surface area contributed by atoms with Gasteiger partial charge in [0.1, 0.15) is 5.69 Å². The molecule has 28 heavy (non-hydrogen) atoms. The Hall–Kier alpha value is -2.54. The van der Waals surface area contributed by atoms with Gasteiger partial charge < -0.3 is 9.80 Å². The van der Waals surface area contributed by atoms with E-state index in [1.807, 2.05) is 47.2 Å². The molecule has 1 aliphatic heterocycles. The summed E-state index contributed by atoms with van der Waals surface area (Å²) in [5.74, 6) is 0.663. The zero-order chi connectivity index (χ0) is 19.5. The molecule has 0 saturated carbocycles. The number of benzene rings is 1. The van der Waals surface area contributed by atoms with E-state index in [4.69, 9.17) is 0 Å². The van der Waals surface area contributed by atoms with E-state index >= 15 is 0 Å². The first kappa shape index (κ1) is 18.8. The Kier molecular flexibility index (Phi) is 5.52. The molecule has 2 aromatic heterocycles. The molecule has 1 fully saturated rings. The number of amides is 1. The molecule has 3 heterocycles. The Bertz CT molecular complexity index is 973. The van der Waals surface area contributed by atoms with Gasteiger partial charge in [0.15, 0.2) is 0 Å². The van der Waals surface area contributed by atoms with Gasteiger partial charge in [0, 0.05) is 50.2 Å². The van der Waals surface area contributed by atoms with Gasteiger partial charge in [0.25, 0.3) is 5.91 Å². The van der Waals surface area contributed by atoms with E-state index in [0.717, 1.165) is 41.1 Å². The minimum absolute atomic E-state index is 0.00613. The van der Waals surface area contributed by atoms with E-state index in [9.17, 15) is 4.79 Å². The molecule has 144 valence electrons. The molecule has 1 aromatic carbocycles. The molecule has 4 rings (SSSR count). The maximum Gasteiger partial charge on any atom is 0.273 e. The second kappa shape index (κ2) is 8.22. The topological polar surface area (TPSA) is 62.2 Å². The second-order valence-corrected chi connectivity index (χ2v) is 8.03. The maximum absolute atomic E-state index is 13.4. The van der Waals surface area contributed by atoms with Crippen LogP contribution in [0.1, 0.15) is 29.8 Å². The number of rotatable bonds is 4. The van der Waals surface area contributed by atoms with Crippen LogP contribution in [0.25, 0.3) is 10.8 Å². The lowest BCUT2D eigenvalue weighted by molar-refractivity contribution is 0.0618. The number of hydrogen-bond acceptors (Lipinski definition) is 5. The minimum Gasteiger partial charge on any atom is -0.342 e. The van der Waals surface area contributed by atoms with Crippen LogP contribution in [0.2, 0.25) is 0 Å². The van der Waals surface area contributed by atoms with E-state index in [-0.39, 0.29) is 11.9 Å². The lowest BCUT2D eigenvalue weighted by Crippen LogP contribution is -2.49. The van der Waals surface area contributed by atoms with Crippen LogP contribution in [0.15, 0.2) is 53.4 Å². The molecule has 3 aromatic rings. The van der Waals surface area contributed by atoms with Crippen molar-refractivity contribution >= 4 is 38.6 Å². The zero-order valence-electron chi connectivity index (χ0n) is 15.8. The number of carbonyl (C=O) groups is 1. The molecule has 0 aliphatic carbocycles. The fourth-order valence-electron chi connectivity index (χ4n) is 3.78. The van der Waals surface area contributed by atoms with Crippen molar-refractivity contribution in [1.82, 2.24) is 19.9 Å². The third-order valence-electron chi connectivity index (χ3n) is 5.20. The van der Waals surface area contributed by atoms with Gasteiger partial charge in [0.05, 0.1) is 4.47 Å². The van der Waals surface area contributed by atoms with Crippen LogP contribution in [0.5, 0.6) is 0 Å². The van der Waals surface area contributed by atoms with E-state index in [0.29, 0.717) is 18.2 Å². The van der Waals surface area contributed by atoms with Gasteiger partial charge in [-0.25, -0.2) is 9.97 Å². The Morgan fingerprint density at radius 2 is 1.96 bits per heavy atom. The predicted molar refractivity (Wildman–Crippen MR) is 113 cm³/mol. The molecule has 6 nitrogen and oxygen atoms in total. The molecule has 0 unspecified atom stereocenters. The fraction of sp³-hybridized carbons (Fsp3) is 0.333. The van der Waals surface area contributed by atoms with E-state index in [1.54, 1.807) is 18.6 Å². The summed E-state index contributed by atoms with van der Waals surface area (Å²) < 4.78 is 0.848. The quantitative estimate of drug-likeness (QED) is 0.616. The maximum atomic E-state index is 13.4. The highest BCUT2D eigenvalue weighted by Gasteiger charge is 2.30. The SMILES string of the molecule is CN(C[C@@H]1CCCCN1C(=O)c1nccc2ccccc12)c1ncc(Br)cn1. The minimum atomic E-state index is 0.00613. The second-order valence-electron chi connectivity index (χ2n) is 7.11. The molecular weight excluding hydrogens is 418 g/mol. The number of pyridine rings is 1. The van der Waals surface area contributed by atoms with Crippen LogP contribution in [0.4, 0.5) is 5.95 Å². The van der Waals surface area contributed by atoms with Crippen molar-refractivity contribution < 1.29 is 4.79 Å². The number of piperidine rings is 1. The van der Waals surface area contributed by atoms with Crippen LogP contribution in [0, 0.1) is 0 Å². The van der Waals surface area contributed by atoms with Gasteiger partial charge in [-0.3, -0.25) is 9.78 Å². The van der Waals surface area contributed by atoms with Crippen LogP contribution in [-0.2, 0) is 0 Å². The molecule has 1 saturated heterocycles. The lowest BCUT2D eigenvalue weighted by atomic mass is 10.00. The number of carbonyl (C=O) groups excluding carboxylic acids is 1. The van der Waals surface area contributed by atoms with Gasteiger partial charge in [0.2, 0.25) is 5.95 Å². The van der Waals surface area contributed by atoms with Gasteiger partial charge in [-0.2, -0.15) is 0 Å². The summed E-state index contributed by atoms with van der Waals surface area (Å²) in [7, 11) is 1.97. The number of halogens is 1. The molecule has 0 bridgehead atoms. The standard InChI is InChI=1S/C21H22BrN5O/c1-26(21-24-12-16(22)13-25-21)14-17-7-4-5-11-27(17)20(28)19-18-8-3-2-6-15(18)9-10-23-19/h2-3,6,8-10,12-13,17H,4-5,7,11,14H2,1H3/t17-/m0/s1. The van der Waals surface area contributed by atoms with E-state index in [1.165, 1.54) is 0 Å². The number of likely N-dealkylation sites (tertiary alicyclic amines) is 1. The molecular formula is C21H22BrN5O. The van der Waals surface area contributed by atoms with Gasteiger partial charge >= 0.3 is 0 Å². The Balaban J connectivity index is 1.58. The van der Waals surface area contributed by atoms with Crippen molar-refractivity contribution in [2.45, 2.75) is 25.3 Å². The van der Waals surface area contributed by atoms with Gasteiger partial charge in [-0.1, -0.05) is 24.3 Å². The van der Waals surface area contributed by atoms with Crippen molar-refractivity contribution in [3.05, 3.63) is 59.1 Å². The number of likely N-dealkylation sites (N-methyl/N-ethyl adjacent to an activating group) is 1. The van der Waals surface area contributed by atoms with Gasteiger partial charge in [-0.05, 0) is 46.6 Å². The van der Waals surface area contributed by atoms with Crippen molar-refractivity contribution in [1.29, 1.82) is 0 Å². The highest BCUT2D eigenvalue weighted by Crippen LogP contribution is 2.24. The fourth-order valence-corrected chi connectivity index (χ4v) is 3.99. The average Bonchev–Trinajstić information content (AvgIpc) is 2.73. The van der Waals surface area contributed by atoms with Crippen molar-refractivity contribution in [2.75, 3.05) is 25.0 Å². The summed E-state index contributed by atoms with van der Waals surface area (Å²) in [5, 5.41) is 1.94. The van der Waals surface area contributed by atoms with E-state index < -0.39 is 0 Å². The number of fused-ring (bicyclic) bond motifs is 1. The molecule has 0 radical (unpaired) electrons. The normalized spacial score (nSPS) is 16.9. The van der Waals surface area contributed by atoms with Crippen LogP contribution in [-0.4, -0.2) is 51.9 Å². The predicted octanol–water partition coefficient (Wildman–Crippen LogP) is 3.92.